The number of hydrogen-bond donors (Lipinski definition) is 2. The molecule has 0 bridgehead atoms. The quantitative estimate of drug-likeness (QED) is 0.220. The minimum atomic E-state index is -0.669. The number of aromatic nitrogens is 3. The van der Waals surface area contributed by atoms with Gasteiger partial charge >= 0.3 is 0 Å². The normalized spacial score (nSPS) is 22.6. The van der Waals surface area contributed by atoms with Crippen LogP contribution in [0, 0.1) is 5.82 Å². The Morgan fingerprint density at radius 1 is 0.962 bits per heavy atom. The third kappa shape index (κ3) is 5.76. The van der Waals surface area contributed by atoms with Gasteiger partial charge in [-0.15, -0.1) is 0 Å². The summed E-state index contributed by atoms with van der Waals surface area (Å²) in [6.45, 7) is 4.96. The molecule has 5 heterocycles. The third-order valence-corrected chi connectivity index (χ3v) is 12.7. The Morgan fingerprint density at radius 2 is 1.72 bits per heavy atom. The first-order valence-corrected chi connectivity index (χ1v) is 19.4. The zero-order valence-electron chi connectivity index (χ0n) is 30.1. The van der Waals surface area contributed by atoms with E-state index in [0.29, 0.717) is 49.0 Å². The van der Waals surface area contributed by atoms with Gasteiger partial charge in [0, 0.05) is 56.4 Å². The van der Waals surface area contributed by atoms with Gasteiger partial charge in [0.1, 0.15) is 11.3 Å². The number of fused-ring (bicyclic) bond motifs is 3. The van der Waals surface area contributed by atoms with Crippen molar-refractivity contribution in [1.29, 1.82) is 0 Å². The van der Waals surface area contributed by atoms with E-state index in [-0.39, 0.29) is 40.2 Å². The lowest BCUT2D eigenvalue weighted by Crippen LogP contribution is -2.58. The summed E-state index contributed by atoms with van der Waals surface area (Å²) in [5.41, 5.74) is 4.39. The van der Waals surface area contributed by atoms with Crippen molar-refractivity contribution in [2.24, 2.45) is 0 Å². The van der Waals surface area contributed by atoms with E-state index in [4.69, 9.17) is 21.6 Å². The molecule has 9 rings (SSSR count). The number of imidazole rings is 1. The highest BCUT2D eigenvalue weighted by Crippen LogP contribution is 2.52. The zero-order valence-corrected chi connectivity index (χ0v) is 30.9. The lowest BCUT2D eigenvalue weighted by molar-refractivity contribution is -0.134. The Hall–Kier alpha value is -4.55. The minimum Gasteiger partial charge on any atom is -0.355 e. The lowest BCUT2D eigenvalue weighted by Gasteiger charge is -2.48. The summed E-state index contributed by atoms with van der Waals surface area (Å²) in [4.78, 5) is 56.0. The van der Waals surface area contributed by atoms with Gasteiger partial charge in [0.25, 0.3) is 5.91 Å². The summed E-state index contributed by atoms with van der Waals surface area (Å²) in [6.07, 6.45) is 10.7. The Labute approximate surface area is 312 Å². The van der Waals surface area contributed by atoms with Crippen LogP contribution in [0.25, 0.3) is 22.3 Å². The van der Waals surface area contributed by atoms with Gasteiger partial charge in [0.15, 0.2) is 5.82 Å². The maximum atomic E-state index is 15.4. The van der Waals surface area contributed by atoms with Crippen molar-refractivity contribution < 1.29 is 18.8 Å². The Balaban J connectivity index is 1.11. The number of carbonyl (C=O) groups excluding carboxylic acids is 3. The topological polar surface area (TPSA) is 116 Å². The van der Waals surface area contributed by atoms with E-state index in [1.807, 2.05) is 23.4 Å². The fourth-order valence-corrected chi connectivity index (χ4v) is 9.39. The van der Waals surface area contributed by atoms with E-state index in [9.17, 15) is 14.4 Å². The fourth-order valence-electron chi connectivity index (χ4n) is 9.16. The SMILES string of the molecule is CNC(=O)c1cc(Nc2nc(-c3ccc4c(c3)N(C3CC(N5CCCCC5)C3)C(=O)C43CCN(C(C)=O)CC3)cc3ncn(C4CC4)c23)c(F)cc1Cl. The van der Waals surface area contributed by atoms with Crippen LogP contribution in [0.2, 0.25) is 5.02 Å². The van der Waals surface area contributed by atoms with Crippen LogP contribution >= 0.6 is 11.6 Å². The first-order valence-electron chi connectivity index (χ1n) is 19.0. The summed E-state index contributed by atoms with van der Waals surface area (Å²) in [6, 6.07) is 11.6. The second kappa shape index (κ2) is 13.1. The Morgan fingerprint density at radius 3 is 2.42 bits per heavy atom. The van der Waals surface area contributed by atoms with Gasteiger partial charge in [-0.2, -0.15) is 0 Å². The number of carbonyl (C=O) groups is 3. The molecule has 0 atom stereocenters. The molecule has 13 heteroatoms. The van der Waals surface area contributed by atoms with Gasteiger partial charge in [-0.1, -0.05) is 30.2 Å². The standard InChI is InChI=1S/C40H44ClFN8O3/c1-23(51)47-14-10-40(11-15-47)29-9-6-24(16-35(29)50(39(40)53)27-17-26(18-27)48-12-4-3-5-13-48)32-21-34-36(49(22-44-34)25-7-8-25)37(45-32)46-33-19-28(38(52)43-2)30(41)20-31(33)42/h6,9,16,19-22,25-27H,3-5,7-8,10-15,17-18H2,1-2H3,(H,43,52)(H,45,46). The van der Waals surface area contributed by atoms with Crippen LogP contribution in [-0.4, -0.2) is 87.4 Å². The summed E-state index contributed by atoms with van der Waals surface area (Å²) in [7, 11) is 1.50. The van der Waals surface area contributed by atoms with Crippen molar-refractivity contribution in [3.8, 4) is 11.3 Å². The molecular formula is C40H44ClFN8O3. The number of piperidine rings is 2. The number of halogens is 2. The van der Waals surface area contributed by atoms with Crippen molar-refractivity contribution >= 4 is 57.5 Å². The van der Waals surface area contributed by atoms with E-state index < -0.39 is 17.1 Å². The number of nitrogens with one attached hydrogen (secondary N) is 2. The fraction of sp³-hybridized carbons (Fsp3) is 0.475. The van der Waals surface area contributed by atoms with Crippen molar-refractivity contribution in [3.05, 3.63) is 64.7 Å². The monoisotopic (exact) mass is 738 g/mol. The van der Waals surface area contributed by atoms with Crippen molar-refractivity contribution in [3.63, 3.8) is 0 Å². The number of nitrogens with zero attached hydrogens (tertiary/aromatic N) is 6. The second-order valence-electron chi connectivity index (χ2n) is 15.5. The highest BCUT2D eigenvalue weighted by Gasteiger charge is 2.55. The molecule has 4 aromatic rings. The Bertz CT molecular complexity index is 2150. The van der Waals surface area contributed by atoms with Gasteiger partial charge in [0.05, 0.1) is 39.2 Å². The van der Waals surface area contributed by atoms with Crippen LogP contribution in [0.3, 0.4) is 0 Å². The molecule has 2 saturated heterocycles. The van der Waals surface area contributed by atoms with E-state index >= 15 is 4.39 Å². The smallest absolute Gasteiger partial charge is 0.252 e. The first kappa shape index (κ1) is 34.2. The number of likely N-dealkylation sites (tertiary alicyclic amines) is 2. The lowest BCUT2D eigenvalue weighted by atomic mass is 9.73. The summed E-state index contributed by atoms with van der Waals surface area (Å²) >= 11 is 6.26. The molecule has 2 aromatic heterocycles. The second-order valence-corrected chi connectivity index (χ2v) is 15.9. The van der Waals surface area contributed by atoms with E-state index in [0.717, 1.165) is 67.2 Å². The molecule has 53 heavy (non-hydrogen) atoms. The zero-order chi connectivity index (χ0) is 36.6. The summed E-state index contributed by atoms with van der Waals surface area (Å²) < 4.78 is 17.5. The van der Waals surface area contributed by atoms with Crippen LogP contribution < -0.4 is 15.5 Å². The predicted octanol–water partition coefficient (Wildman–Crippen LogP) is 6.57. The molecular weight excluding hydrogens is 695 g/mol. The average Bonchev–Trinajstić information content (AvgIpc) is 3.86. The van der Waals surface area contributed by atoms with Crippen LogP contribution in [-0.2, 0) is 15.0 Å². The molecule has 3 aliphatic heterocycles. The highest BCUT2D eigenvalue weighted by atomic mass is 35.5. The molecule has 276 valence electrons. The first-order chi connectivity index (χ1) is 25.6. The molecule has 5 aliphatic rings. The van der Waals surface area contributed by atoms with E-state index in [1.54, 1.807) is 6.92 Å². The maximum absolute atomic E-state index is 15.4. The predicted molar refractivity (Wildman–Crippen MR) is 202 cm³/mol. The molecule has 1 spiro atoms. The molecule has 2 aromatic carbocycles. The number of benzene rings is 2. The number of pyridine rings is 1. The average molecular weight is 739 g/mol. The Kier molecular flexibility index (Phi) is 8.45. The van der Waals surface area contributed by atoms with Crippen molar-refractivity contribution in [1.82, 2.24) is 29.7 Å². The van der Waals surface area contributed by atoms with E-state index in [2.05, 4.69) is 37.1 Å². The number of hydrogen-bond acceptors (Lipinski definition) is 7. The molecule has 0 unspecified atom stereocenters. The molecule has 4 fully saturated rings. The van der Waals surface area contributed by atoms with Gasteiger partial charge in [-0.05, 0) is 94.3 Å². The molecule has 11 nitrogen and oxygen atoms in total. The molecule has 2 aliphatic carbocycles. The number of rotatable bonds is 7. The number of anilines is 3. The van der Waals surface area contributed by atoms with Gasteiger partial charge in [-0.3, -0.25) is 14.4 Å². The van der Waals surface area contributed by atoms with Gasteiger partial charge in [-0.25, -0.2) is 14.4 Å². The summed E-state index contributed by atoms with van der Waals surface area (Å²) in [5, 5.41) is 5.77. The van der Waals surface area contributed by atoms with Crippen molar-refractivity contribution in [2.75, 3.05) is 43.4 Å². The number of amides is 3. The van der Waals surface area contributed by atoms with Crippen LogP contribution in [0.1, 0.15) is 86.7 Å². The van der Waals surface area contributed by atoms with E-state index in [1.165, 1.54) is 32.4 Å². The van der Waals surface area contributed by atoms with Crippen molar-refractivity contribution in [2.45, 2.75) is 88.3 Å². The summed E-state index contributed by atoms with van der Waals surface area (Å²) in [5.74, 6) is -0.440. The highest BCUT2D eigenvalue weighted by molar-refractivity contribution is 6.34. The molecule has 2 saturated carbocycles. The largest absolute Gasteiger partial charge is 0.355 e. The van der Waals surface area contributed by atoms with Gasteiger partial charge < -0.3 is 29.9 Å². The van der Waals surface area contributed by atoms with Gasteiger partial charge in [0.2, 0.25) is 11.8 Å². The van der Waals surface area contributed by atoms with Crippen LogP contribution in [0.15, 0.2) is 42.7 Å². The molecule has 0 radical (unpaired) electrons. The van der Waals surface area contributed by atoms with Crippen LogP contribution in [0.5, 0.6) is 0 Å². The minimum absolute atomic E-state index is 0.0120. The molecule has 2 N–H and O–H groups in total. The molecule has 3 amide bonds. The third-order valence-electron chi connectivity index (χ3n) is 12.4. The van der Waals surface area contributed by atoms with Crippen LogP contribution in [0.4, 0.5) is 21.6 Å². The maximum Gasteiger partial charge on any atom is 0.252 e.